The molecule has 1 aromatic heterocycles. The zero-order valence-electron chi connectivity index (χ0n) is 10.7. The summed E-state index contributed by atoms with van der Waals surface area (Å²) in [7, 11) is -1.58. The number of rotatable bonds is 6. The summed E-state index contributed by atoms with van der Waals surface area (Å²) in [5.74, 6) is 0. The quantitative estimate of drug-likeness (QED) is 0.756. The highest BCUT2D eigenvalue weighted by Crippen LogP contribution is 2.18. The van der Waals surface area contributed by atoms with Crippen molar-refractivity contribution in [1.82, 2.24) is 19.8 Å². The fraction of sp³-hybridized carbons (Fsp3) is 0.700. The van der Waals surface area contributed by atoms with Gasteiger partial charge in [0.1, 0.15) is 4.90 Å². The van der Waals surface area contributed by atoms with E-state index in [1.54, 1.807) is 25.5 Å². The van der Waals surface area contributed by atoms with Crippen LogP contribution in [0.5, 0.6) is 0 Å². The van der Waals surface area contributed by atoms with Crippen LogP contribution in [0, 0.1) is 13.8 Å². The molecule has 0 radical (unpaired) electrons. The highest BCUT2D eigenvalue weighted by molar-refractivity contribution is 7.89. The van der Waals surface area contributed by atoms with E-state index in [9.17, 15) is 8.42 Å². The lowest BCUT2D eigenvalue weighted by molar-refractivity contribution is 0.564. The third kappa shape index (κ3) is 3.05. The van der Waals surface area contributed by atoms with E-state index in [0.29, 0.717) is 29.4 Å². The summed E-state index contributed by atoms with van der Waals surface area (Å²) in [5, 5.41) is 7.26. The molecule has 0 saturated carbocycles. The number of hydrogen-bond donors (Lipinski definition) is 2. The molecule has 1 aromatic rings. The van der Waals surface area contributed by atoms with Crippen molar-refractivity contribution < 1.29 is 8.42 Å². The van der Waals surface area contributed by atoms with Crippen LogP contribution in [0.4, 0.5) is 0 Å². The lowest BCUT2D eigenvalue weighted by Gasteiger charge is -2.06. The number of nitrogens with zero attached hydrogens (tertiary/aromatic N) is 2. The van der Waals surface area contributed by atoms with E-state index >= 15 is 0 Å². The van der Waals surface area contributed by atoms with Crippen molar-refractivity contribution >= 4 is 10.0 Å². The maximum absolute atomic E-state index is 12.0. The van der Waals surface area contributed by atoms with Crippen LogP contribution in [0.15, 0.2) is 4.90 Å². The molecule has 0 atom stereocenters. The van der Waals surface area contributed by atoms with Crippen LogP contribution in [0.25, 0.3) is 0 Å². The molecule has 2 N–H and O–H groups in total. The van der Waals surface area contributed by atoms with E-state index in [-0.39, 0.29) is 0 Å². The molecule has 0 aromatic carbocycles. The lowest BCUT2D eigenvalue weighted by atomic mass is 10.4. The van der Waals surface area contributed by atoms with Crippen molar-refractivity contribution in [3.05, 3.63) is 11.4 Å². The highest BCUT2D eigenvalue weighted by atomic mass is 32.2. The molecule has 0 aliphatic carbocycles. The molecule has 0 saturated heterocycles. The van der Waals surface area contributed by atoms with Crippen molar-refractivity contribution in [3.8, 4) is 0 Å². The van der Waals surface area contributed by atoms with Crippen molar-refractivity contribution in [2.24, 2.45) is 0 Å². The molecular formula is C10H20N4O2S. The average molecular weight is 260 g/mol. The third-order valence-electron chi connectivity index (χ3n) is 2.49. The van der Waals surface area contributed by atoms with Gasteiger partial charge < -0.3 is 5.32 Å². The topological polar surface area (TPSA) is 76.0 Å². The first-order valence-corrected chi connectivity index (χ1v) is 7.10. The standard InChI is InChI=1S/C10H20N4O2S/c1-5-12-17(15,16)10-8(2)13-14(9(10)3)7-6-11-4/h11-12H,5-7H2,1-4H3. The Labute approximate surface area is 102 Å². The second-order valence-corrected chi connectivity index (χ2v) is 5.53. The summed E-state index contributed by atoms with van der Waals surface area (Å²) < 4.78 is 28.2. The molecule has 98 valence electrons. The van der Waals surface area contributed by atoms with Crippen molar-refractivity contribution in [1.29, 1.82) is 0 Å². The molecule has 0 bridgehead atoms. The molecule has 7 heteroatoms. The molecule has 0 aliphatic heterocycles. The summed E-state index contributed by atoms with van der Waals surface area (Å²) in [5.41, 5.74) is 1.22. The number of aryl methyl sites for hydroxylation is 1. The van der Waals surface area contributed by atoms with Gasteiger partial charge in [-0.15, -0.1) is 0 Å². The average Bonchev–Trinajstić information content (AvgIpc) is 2.51. The lowest BCUT2D eigenvalue weighted by Crippen LogP contribution is -2.24. The van der Waals surface area contributed by atoms with E-state index in [2.05, 4.69) is 15.1 Å². The largest absolute Gasteiger partial charge is 0.318 e. The van der Waals surface area contributed by atoms with Gasteiger partial charge in [-0.05, 0) is 20.9 Å². The monoisotopic (exact) mass is 260 g/mol. The maximum atomic E-state index is 12.0. The van der Waals surface area contributed by atoms with E-state index in [1.165, 1.54) is 0 Å². The van der Waals surface area contributed by atoms with Crippen LogP contribution in [0.3, 0.4) is 0 Å². The number of aromatic nitrogens is 2. The number of nitrogens with one attached hydrogen (secondary N) is 2. The zero-order chi connectivity index (χ0) is 13.1. The molecule has 0 amide bonds. The smallest absolute Gasteiger partial charge is 0.244 e. The van der Waals surface area contributed by atoms with Crippen LogP contribution in [-0.4, -0.2) is 38.3 Å². The van der Waals surface area contributed by atoms with Crippen molar-refractivity contribution in [3.63, 3.8) is 0 Å². The van der Waals surface area contributed by atoms with E-state index in [0.717, 1.165) is 6.54 Å². The van der Waals surface area contributed by atoms with Crippen LogP contribution < -0.4 is 10.0 Å². The van der Waals surface area contributed by atoms with Crippen LogP contribution in [0.2, 0.25) is 0 Å². The first-order valence-electron chi connectivity index (χ1n) is 5.62. The second kappa shape index (κ2) is 5.61. The van der Waals surface area contributed by atoms with E-state index in [1.807, 2.05) is 7.05 Å². The minimum atomic E-state index is -3.43. The van der Waals surface area contributed by atoms with Gasteiger partial charge in [0, 0.05) is 13.1 Å². The van der Waals surface area contributed by atoms with Crippen LogP contribution >= 0.6 is 0 Å². The van der Waals surface area contributed by atoms with Crippen LogP contribution in [0.1, 0.15) is 18.3 Å². The summed E-state index contributed by atoms with van der Waals surface area (Å²) >= 11 is 0. The summed E-state index contributed by atoms with van der Waals surface area (Å²) in [4.78, 5) is 0.301. The fourth-order valence-corrected chi connectivity index (χ4v) is 3.22. The minimum absolute atomic E-state index is 0.301. The Morgan fingerprint density at radius 1 is 1.35 bits per heavy atom. The van der Waals surface area contributed by atoms with Gasteiger partial charge in [-0.25, -0.2) is 13.1 Å². The SMILES string of the molecule is CCNS(=O)(=O)c1c(C)nn(CCNC)c1C. The molecule has 6 nitrogen and oxygen atoms in total. The number of likely N-dealkylation sites (N-methyl/N-ethyl adjacent to an activating group) is 1. The third-order valence-corrected chi connectivity index (χ3v) is 4.29. The Hall–Kier alpha value is -0.920. The minimum Gasteiger partial charge on any atom is -0.318 e. The Morgan fingerprint density at radius 3 is 2.53 bits per heavy atom. The molecule has 1 heterocycles. The summed E-state index contributed by atoms with van der Waals surface area (Å²) in [6.45, 7) is 7.04. The molecule has 0 fully saturated rings. The van der Waals surface area contributed by atoms with E-state index in [4.69, 9.17) is 0 Å². The van der Waals surface area contributed by atoms with Gasteiger partial charge in [0.05, 0.1) is 17.9 Å². The predicted octanol–water partition coefficient (Wildman–Crippen LogP) is 0.0175. The Balaban J connectivity index is 3.13. The first kappa shape index (κ1) is 14.1. The van der Waals surface area contributed by atoms with Gasteiger partial charge in [-0.1, -0.05) is 6.92 Å². The Bertz CT molecular complexity index is 479. The van der Waals surface area contributed by atoms with E-state index < -0.39 is 10.0 Å². The molecule has 17 heavy (non-hydrogen) atoms. The summed E-state index contributed by atoms with van der Waals surface area (Å²) in [6, 6.07) is 0. The van der Waals surface area contributed by atoms with Gasteiger partial charge >= 0.3 is 0 Å². The highest BCUT2D eigenvalue weighted by Gasteiger charge is 2.23. The second-order valence-electron chi connectivity index (χ2n) is 3.83. The first-order chi connectivity index (χ1) is 7.94. The molecular weight excluding hydrogens is 240 g/mol. The molecule has 0 spiro atoms. The van der Waals surface area contributed by atoms with Gasteiger partial charge in [-0.3, -0.25) is 4.68 Å². The molecule has 1 rings (SSSR count). The van der Waals surface area contributed by atoms with Gasteiger partial charge in [-0.2, -0.15) is 5.10 Å². The Morgan fingerprint density at radius 2 is 2.00 bits per heavy atom. The van der Waals surface area contributed by atoms with Gasteiger partial charge in [0.2, 0.25) is 10.0 Å². The molecule has 0 aliphatic rings. The van der Waals surface area contributed by atoms with Crippen molar-refractivity contribution in [2.75, 3.05) is 20.1 Å². The molecule has 0 unspecified atom stereocenters. The number of sulfonamides is 1. The maximum Gasteiger partial charge on any atom is 0.244 e. The Kier molecular flexibility index (Phi) is 4.67. The fourth-order valence-electron chi connectivity index (χ4n) is 1.77. The van der Waals surface area contributed by atoms with Crippen LogP contribution in [-0.2, 0) is 16.6 Å². The summed E-state index contributed by atoms with van der Waals surface area (Å²) in [6.07, 6.45) is 0. The number of hydrogen-bond acceptors (Lipinski definition) is 4. The van der Waals surface area contributed by atoms with Gasteiger partial charge in [0.25, 0.3) is 0 Å². The normalized spacial score (nSPS) is 12.0. The predicted molar refractivity (Wildman–Crippen MR) is 66.5 cm³/mol. The van der Waals surface area contributed by atoms with Gasteiger partial charge in [0.15, 0.2) is 0 Å². The van der Waals surface area contributed by atoms with Crippen molar-refractivity contribution in [2.45, 2.75) is 32.2 Å². The zero-order valence-corrected chi connectivity index (χ0v) is 11.6.